The van der Waals surface area contributed by atoms with E-state index in [1.165, 1.54) is 4.90 Å². The summed E-state index contributed by atoms with van der Waals surface area (Å²) in [4.78, 5) is 28.3. The van der Waals surface area contributed by atoms with Crippen LogP contribution in [0, 0.1) is 19.8 Å². The molecule has 198 valence electrons. The maximum Gasteiger partial charge on any atom is 0.244 e. The Labute approximate surface area is 224 Å². The van der Waals surface area contributed by atoms with Crippen molar-refractivity contribution in [1.29, 1.82) is 0 Å². The number of carbonyl (C=O) groups is 2. The van der Waals surface area contributed by atoms with Gasteiger partial charge >= 0.3 is 0 Å². The summed E-state index contributed by atoms with van der Waals surface area (Å²) in [5.41, 5.74) is 2.59. The van der Waals surface area contributed by atoms with Gasteiger partial charge in [0, 0.05) is 13.1 Å². The lowest BCUT2D eigenvalue weighted by atomic mass is 10.1. The second-order valence-electron chi connectivity index (χ2n) is 9.34. The molecule has 0 spiro atoms. The van der Waals surface area contributed by atoms with Crippen LogP contribution in [0.15, 0.2) is 36.4 Å². The largest absolute Gasteiger partial charge is 0.354 e. The van der Waals surface area contributed by atoms with Crippen molar-refractivity contribution in [3.05, 3.63) is 63.1 Å². The number of carbonyl (C=O) groups excluding carboxylic acids is 2. The van der Waals surface area contributed by atoms with E-state index in [0.717, 1.165) is 21.7 Å². The summed E-state index contributed by atoms with van der Waals surface area (Å²) in [5.74, 6) is -0.561. The lowest BCUT2D eigenvalue weighted by Crippen LogP contribution is -2.52. The van der Waals surface area contributed by atoms with E-state index in [9.17, 15) is 18.0 Å². The van der Waals surface area contributed by atoms with Gasteiger partial charge in [-0.1, -0.05) is 68.2 Å². The van der Waals surface area contributed by atoms with Crippen molar-refractivity contribution < 1.29 is 18.0 Å². The predicted octanol–water partition coefficient (Wildman–Crippen LogP) is 4.96. The summed E-state index contributed by atoms with van der Waals surface area (Å²) < 4.78 is 26.8. The van der Waals surface area contributed by atoms with Crippen LogP contribution < -0.4 is 9.62 Å². The molecule has 2 amide bonds. The third-order valence-electron chi connectivity index (χ3n) is 5.78. The molecule has 2 aromatic rings. The van der Waals surface area contributed by atoms with Gasteiger partial charge in [0.2, 0.25) is 21.8 Å². The minimum atomic E-state index is -3.80. The van der Waals surface area contributed by atoms with Crippen LogP contribution in [0.4, 0.5) is 5.69 Å². The second-order valence-corrected chi connectivity index (χ2v) is 12.1. The fourth-order valence-electron chi connectivity index (χ4n) is 3.95. The first kappa shape index (κ1) is 29.9. The number of sulfonamides is 1. The van der Waals surface area contributed by atoms with Gasteiger partial charge in [0.1, 0.15) is 12.6 Å². The molecule has 36 heavy (non-hydrogen) atoms. The highest BCUT2D eigenvalue weighted by Gasteiger charge is 2.32. The van der Waals surface area contributed by atoms with Crippen molar-refractivity contribution in [3.8, 4) is 0 Å². The fourth-order valence-corrected chi connectivity index (χ4v) is 5.24. The third-order valence-corrected chi connectivity index (χ3v) is 7.63. The van der Waals surface area contributed by atoms with Crippen LogP contribution in [0.2, 0.25) is 10.0 Å². The smallest absolute Gasteiger partial charge is 0.244 e. The van der Waals surface area contributed by atoms with Crippen LogP contribution >= 0.6 is 23.2 Å². The molecule has 0 aliphatic heterocycles. The van der Waals surface area contributed by atoms with Gasteiger partial charge in [-0.25, -0.2) is 8.42 Å². The number of amides is 2. The lowest BCUT2D eigenvalue weighted by Gasteiger charge is -2.33. The molecule has 0 aliphatic rings. The number of nitrogens with zero attached hydrogens (tertiary/aromatic N) is 2. The molecule has 0 heterocycles. The monoisotopic (exact) mass is 555 g/mol. The number of hydrogen-bond donors (Lipinski definition) is 1. The summed E-state index contributed by atoms with van der Waals surface area (Å²) in [6, 6.07) is 9.63. The SMILES string of the molecule is CC[C@H](C(=O)NCC(C)C)N(Cc1ccc(Cl)c(Cl)c1)C(=O)CN(c1c(C)cccc1C)S(C)(=O)=O. The minimum absolute atomic E-state index is 0.0632. The molecule has 10 heteroatoms. The maximum atomic E-state index is 13.8. The zero-order chi connectivity index (χ0) is 27.2. The predicted molar refractivity (Wildman–Crippen MR) is 147 cm³/mol. The van der Waals surface area contributed by atoms with Crippen LogP contribution in [-0.2, 0) is 26.2 Å². The number of nitrogens with one attached hydrogen (secondary N) is 1. The Morgan fingerprint density at radius 1 is 1.03 bits per heavy atom. The van der Waals surface area contributed by atoms with Gasteiger partial charge in [-0.05, 0) is 55.0 Å². The number of halogens is 2. The molecule has 0 fully saturated rings. The molecule has 0 saturated heterocycles. The molecule has 0 saturated carbocycles. The Bertz CT molecular complexity index is 1180. The van der Waals surface area contributed by atoms with Gasteiger partial charge < -0.3 is 10.2 Å². The molecular formula is C26H35Cl2N3O4S. The van der Waals surface area contributed by atoms with E-state index < -0.39 is 28.5 Å². The quantitative estimate of drug-likeness (QED) is 0.424. The van der Waals surface area contributed by atoms with Gasteiger partial charge in [0.15, 0.2) is 0 Å². The standard InChI is InChI=1S/C26H35Cl2N3O4S/c1-7-23(26(33)29-14-17(2)3)30(15-20-11-12-21(27)22(28)13-20)24(32)16-31(36(6,34)35)25-18(4)9-8-10-19(25)5/h8-13,17,23H,7,14-16H2,1-6H3,(H,29,33)/t23-/m1/s1. The molecule has 1 N–H and O–H groups in total. The van der Waals surface area contributed by atoms with Gasteiger partial charge in [-0.2, -0.15) is 0 Å². The minimum Gasteiger partial charge on any atom is -0.354 e. The molecular weight excluding hydrogens is 521 g/mol. The molecule has 0 bridgehead atoms. The Morgan fingerprint density at radius 2 is 1.64 bits per heavy atom. The number of hydrogen-bond acceptors (Lipinski definition) is 4. The topological polar surface area (TPSA) is 86.8 Å². The van der Waals surface area contributed by atoms with E-state index in [1.54, 1.807) is 44.2 Å². The first-order valence-corrected chi connectivity index (χ1v) is 14.4. The van der Waals surface area contributed by atoms with E-state index in [-0.39, 0.29) is 18.4 Å². The van der Waals surface area contributed by atoms with Gasteiger partial charge in [-0.3, -0.25) is 13.9 Å². The molecule has 0 aliphatic carbocycles. The van der Waals surface area contributed by atoms with Crippen LogP contribution in [0.3, 0.4) is 0 Å². The highest BCUT2D eigenvalue weighted by Crippen LogP contribution is 2.28. The molecule has 0 unspecified atom stereocenters. The average Bonchev–Trinajstić information content (AvgIpc) is 2.78. The Balaban J connectivity index is 2.50. The van der Waals surface area contributed by atoms with Crippen molar-refractivity contribution >= 4 is 50.7 Å². The van der Waals surface area contributed by atoms with Gasteiger partial charge in [0.25, 0.3) is 0 Å². The summed E-state index contributed by atoms with van der Waals surface area (Å²) in [7, 11) is -3.80. The first-order chi connectivity index (χ1) is 16.8. The summed E-state index contributed by atoms with van der Waals surface area (Å²) in [5, 5.41) is 3.60. The number of para-hydroxylation sites is 1. The van der Waals surface area contributed by atoms with Crippen LogP contribution in [0.25, 0.3) is 0 Å². The first-order valence-electron chi connectivity index (χ1n) is 11.8. The molecule has 7 nitrogen and oxygen atoms in total. The lowest BCUT2D eigenvalue weighted by molar-refractivity contribution is -0.140. The number of rotatable bonds is 11. The molecule has 0 radical (unpaired) electrons. The van der Waals surface area contributed by atoms with E-state index >= 15 is 0 Å². The zero-order valence-electron chi connectivity index (χ0n) is 21.6. The molecule has 0 aromatic heterocycles. The van der Waals surface area contributed by atoms with Crippen molar-refractivity contribution in [2.24, 2.45) is 5.92 Å². The molecule has 2 rings (SSSR count). The number of benzene rings is 2. The van der Waals surface area contributed by atoms with E-state index in [0.29, 0.717) is 34.3 Å². The maximum absolute atomic E-state index is 13.8. The van der Waals surface area contributed by atoms with Crippen LogP contribution in [0.1, 0.15) is 43.9 Å². The second kappa shape index (κ2) is 12.8. The van der Waals surface area contributed by atoms with Gasteiger partial charge in [0.05, 0.1) is 22.0 Å². The van der Waals surface area contributed by atoms with E-state index in [1.807, 2.05) is 26.8 Å². The number of anilines is 1. The average molecular weight is 557 g/mol. The normalized spacial score (nSPS) is 12.4. The zero-order valence-corrected chi connectivity index (χ0v) is 24.0. The third kappa shape index (κ3) is 7.85. The van der Waals surface area contributed by atoms with E-state index in [4.69, 9.17) is 23.2 Å². The summed E-state index contributed by atoms with van der Waals surface area (Å²) in [6.07, 6.45) is 1.42. The van der Waals surface area contributed by atoms with Gasteiger partial charge in [-0.15, -0.1) is 0 Å². The van der Waals surface area contributed by atoms with Crippen LogP contribution in [-0.4, -0.2) is 50.5 Å². The Morgan fingerprint density at radius 3 is 2.14 bits per heavy atom. The number of aryl methyl sites for hydroxylation is 2. The summed E-state index contributed by atoms with van der Waals surface area (Å²) >= 11 is 12.3. The van der Waals surface area contributed by atoms with Crippen molar-refractivity contribution in [2.75, 3.05) is 23.7 Å². The van der Waals surface area contributed by atoms with Crippen molar-refractivity contribution in [1.82, 2.24) is 10.2 Å². The molecule has 2 aromatic carbocycles. The highest BCUT2D eigenvalue weighted by molar-refractivity contribution is 7.92. The Hall–Kier alpha value is -2.29. The van der Waals surface area contributed by atoms with Crippen molar-refractivity contribution in [2.45, 2.75) is 53.6 Å². The highest BCUT2D eigenvalue weighted by atomic mass is 35.5. The van der Waals surface area contributed by atoms with Crippen LogP contribution in [0.5, 0.6) is 0 Å². The van der Waals surface area contributed by atoms with E-state index in [2.05, 4.69) is 5.32 Å². The molecule has 1 atom stereocenters. The summed E-state index contributed by atoms with van der Waals surface area (Å²) in [6.45, 7) is 9.45. The van der Waals surface area contributed by atoms with Crippen molar-refractivity contribution in [3.63, 3.8) is 0 Å². The Kier molecular flexibility index (Phi) is 10.6. The fraction of sp³-hybridized carbons (Fsp3) is 0.462.